The van der Waals surface area contributed by atoms with Crippen LogP contribution in [-0.4, -0.2) is 21.0 Å². The number of rotatable bonds is 4. The molecule has 0 fully saturated rings. The minimum Gasteiger partial charge on any atom is -0.493 e. The molecule has 5 nitrogen and oxygen atoms in total. The fourth-order valence-electron chi connectivity index (χ4n) is 6.26. The Kier molecular flexibility index (Phi) is 5.03. The molecule has 0 bridgehead atoms. The van der Waals surface area contributed by atoms with Crippen LogP contribution < -0.4 is 23.5 Å². The van der Waals surface area contributed by atoms with Crippen LogP contribution in [0.5, 0.6) is 23.0 Å². The van der Waals surface area contributed by atoms with Crippen molar-refractivity contribution in [2.75, 3.05) is 21.0 Å². The summed E-state index contributed by atoms with van der Waals surface area (Å²) < 4.78 is 25.9. The first kappa shape index (κ1) is 23.2. The van der Waals surface area contributed by atoms with E-state index in [1.165, 1.54) is 43.9 Å². The first-order valence-corrected chi connectivity index (χ1v) is 13.2. The SMILES string of the molecule is COc1ccc2c(c[n+]3c4c2cc(Cc2ccc(C(C)(C)C)cc2)c2c5c(cc(c24)CC3)OCO5)c1OC. The van der Waals surface area contributed by atoms with Crippen molar-refractivity contribution in [3.8, 4) is 23.0 Å². The molecule has 2 aliphatic rings. The molecule has 0 unspecified atom stereocenters. The lowest BCUT2D eigenvalue weighted by Gasteiger charge is -2.21. The Morgan fingerprint density at radius 3 is 2.42 bits per heavy atom. The Morgan fingerprint density at radius 1 is 0.868 bits per heavy atom. The summed E-state index contributed by atoms with van der Waals surface area (Å²) in [5.41, 5.74) is 6.55. The predicted octanol–water partition coefficient (Wildman–Crippen LogP) is 6.62. The van der Waals surface area contributed by atoms with E-state index in [9.17, 15) is 0 Å². The average Bonchev–Trinajstić information content (AvgIpc) is 3.38. The van der Waals surface area contributed by atoms with Gasteiger partial charge in [0.05, 0.1) is 30.4 Å². The van der Waals surface area contributed by atoms with E-state index in [1.807, 2.05) is 6.07 Å². The molecule has 0 saturated heterocycles. The second-order valence-electron chi connectivity index (χ2n) is 11.4. The Hall–Kier alpha value is -3.99. The van der Waals surface area contributed by atoms with Gasteiger partial charge in [-0.25, -0.2) is 0 Å². The van der Waals surface area contributed by atoms with E-state index in [2.05, 4.69) is 74.0 Å². The molecule has 3 heterocycles. The van der Waals surface area contributed by atoms with Gasteiger partial charge >= 0.3 is 0 Å². The standard InChI is InChI=1S/C33H32NO4/c1-33(2,3)22-8-6-19(7-9-22)14-21-15-24-23-10-11-26(35-4)31(36-5)25(23)17-34-13-12-20-16-27-32(38-18-37-27)29(21)28(20)30(24)34/h6-11,15-17H,12-14,18H2,1-5H3/q+1. The van der Waals surface area contributed by atoms with Crippen molar-refractivity contribution in [3.05, 3.63) is 77.0 Å². The molecule has 0 spiro atoms. The quantitative estimate of drug-likeness (QED) is 0.203. The maximum atomic E-state index is 6.11. The topological polar surface area (TPSA) is 40.8 Å². The molecule has 0 saturated carbocycles. The van der Waals surface area contributed by atoms with Crippen molar-refractivity contribution in [2.24, 2.45) is 0 Å². The van der Waals surface area contributed by atoms with E-state index in [1.54, 1.807) is 14.2 Å². The summed E-state index contributed by atoms with van der Waals surface area (Å²) in [7, 11) is 3.40. The van der Waals surface area contributed by atoms with Gasteiger partial charge in [0.25, 0.3) is 0 Å². The summed E-state index contributed by atoms with van der Waals surface area (Å²) in [5, 5.41) is 5.89. The molecule has 5 heteroatoms. The normalized spacial score (nSPS) is 14.1. The number of pyridine rings is 1. The molecule has 38 heavy (non-hydrogen) atoms. The van der Waals surface area contributed by atoms with Crippen LogP contribution in [0.15, 0.2) is 54.7 Å². The highest BCUT2D eigenvalue weighted by Gasteiger charge is 2.31. The zero-order valence-corrected chi connectivity index (χ0v) is 22.6. The summed E-state index contributed by atoms with van der Waals surface area (Å²) in [6.07, 6.45) is 3.96. The molecule has 0 radical (unpaired) electrons. The summed E-state index contributed by atoms with van der Waals surface area (Å²) in [6, 6.07) is 17.8. The van der Waals surface area contributed by atoms with Crippen LogP contribution in [0.1, 0.15) is 43.0 Å². The summed E-state index contributed by atoms with van der Waals surface area (Å²) in [4.78, 5) is 0. The van der Waals surface area contributed by atoms with Crippen LogP contribution >= 0.6 is 0 Å². The van der Waals surface area contributed by atoms with Gasteiger partial charge in [0.15, 0.2) is 35.7 Å². The van der Waals surface area contributed by atoms with Gasteiger partial charge in [-0.05, 0) is 58.4 Å². The van der Waals surface area contributed by atoms with Crippen LogP contribution in [-0.2, 0) is 24.8 Å². The Balaban J connectivity index is 1.55. The Bertz CT molecular complexity index is 1760. The van der Waals surface area contributed by atoms with E-state index < -0.39 is 0 Å². The first-order valence-electron chi connectivity index (χ1n) is 13.2. The average molecular weight is 507 g/mol. The molecule has 0 atom stereocenters. The van der Waals surface area contributed by atoms with Crippen molar-refractivity contribution < 1.29 is 23.5 Å². The van der Waals surface area contributed by atoms with Crippen LogP contribution in [0.3, 0.4) is 0 Å². The fourth-order valence-corrected chi connectivity index (χ4v) is 6.26. The van der Waals surface area contributed by atoms with Gasteiger partial charge < -0.3 is 18.9 Å². The highest BCUT2D eigenvalue weighted by atomic mass is 16.7. The van der Waals surface area contributed by atoms with E-state index in [4.69, 9.17) is 18.9 Å². The van der Waals surface area contributed by atoms with Gasteiger partial charge in [0.2, 0.25) is 12.3 Å². The Morgan fingerprint density at radius 2 is 1.68 bits per heavy atom. The van der Waals surface area contributed by atoms with Crippen LogP contribution in [0.2, 0.25) is 0 Å². The van der Waals surface area contributed by atoms with E-state index >= 15 is 0 Å². The number of nitrogens with zero attached hydrogens (tertiary/aromatic N) is 1. The number of benzene rings is 4. The molecule has 192 valence electrons. The minimum absolute atomic E-state index is 0.124. The van der Waals surface area contributed by atoms with E-state index in [0.29, 0.717) is 0 Å². The predicted molar refractivity (Wildman–Crippen MR) is 150 cm³/mol. The molecule has 0 N–H and O–H groups in total. The van der Waals surface area contributed by atoms with Gasteiger partial charge in [0.1, 0.15) is 0 Å². The zero-order chi connectivity index (χ0) is 26.2. The minimum atomic E-state index is 0.124. The third kappa shape index (κ3) is 3.34. The van der Waals surface area contributed by atoms with Crippen molar-refractivity contribution in [1.82, 2.24) is 0 Å². The number of fused-ring (bicyclic) bond motifs is 4. The number of ether oxygens (including phenoxy) is 4. The molecule has 7 rings (SSSR count). The number of hydrogen-bond acceptors (Lipinski definition) is 4. The zero-order valence-electron chi connectivity index (χ0n) is 22.6. The summed E-state index contributed by atoms with van der Waals surface area (Å²) in [5.74, 6) is 3.24. The van der Waals surface area contributed by atoms with Gasteiger partial charge in [0, 0.05) is 17.2 Å². The molecule has 0 aliphatic carbocycles. The molecule has 2 aliphatic heterocycles. The van der Waals surface area contributed by atoms with Crippen molar-refractivity contribution in [1.29, 1.82) is 0 Å². The summed E-state index contributed by atoms with van der Waals surface area (Å²) >= 11 is 0. The Labute approximate surface area is 222 Å². The van der Waals surface area contributed by atoms with Crippen LogP contribution in [0, 0.1) is 0 Å². The number of methoxy groups -OCH3 is 2. The number of aromatic nitrogens is 1. The van der Waals surface area contributed by atoms with Crippen molar-refractivity contribution in [2.45, 2.75) is 45.6 Å². The van der Waals surface area contributed by atoms with Gasteiger partial charge in [-0.3, -0.25) is 0 Å². The smallest absolute Gasteiger partial charge is 0.231 e. The third-order valence-electron chi connectivity index (χ3n) is 8.16. The number of aryl methyl sites for hydroxylation is 2. The lowest BCUT2D eigenvalue weighted by Crippen LogP contribution is -2.38. The van der Waals surface area contributed by atoms with E-state index in [-0.39, 0.29) is 12.2 Å². The molecule has 1 aromatic heterocycles. The lowest BCUT2D eigenvalue weighted by molar-refractivity contribution is -0.670. The monoisotopic (exact) mass is 506 g/mol. The van der Waals surface area contributed by atoms with Crippen molar-refractivity contribution >= 4 is 32.4 Å². The third-order valence-corrected chi connectivity index (χ3v) is 8.16. The second-order valence-corrected chi connectivity index (χ2v) is 11.4. The lowest BCUT2D eigenvalue weighted by atomic mass is 9.85. The molecular formula is C33H32NO4+. The maximum Gasteiger partial charge on any atom is 0.231 e. The molecule has 0 amide bonds. The molecule has 4 aromatic carbocycles. The first-order chi connectivity index (χ1) is 18.4. The van der Waals surface area contributed by atoms with Gasteiger partial charge in [-0.2, -0.15) is 4.57 Å². The van der Waals surface area contributed by atoms with E-state index in [0.717, 1.165) is 53.2 Å². The second kappa shape index (κ2) is 8.26. The van der Waals surface area contributed by atoms with Crippen LogP contribution in [0.25, 0.3) is 32.4 Å². The maximum absolute atomic E-state index is 6.11. The highest BCUT2D eigenvalue weighted by Crippen LogP contribution is 2.48. The van der Waals surface area contributed by atoms with Gasteiger partial charge in [-0.15, -0.1) is 0 Å². The summed E-state index contributed by atoms with van der Waals surface area (Å²) in [6.45, 7) is 7.91. The van der Waals surface area contributed by atoms with Crippen LogP contribution in [0.4, 0.5) is 0 Å². The largest absolute Gasteiger partial charge is 0.493 e. The molecule has 5 aromatic rings. The number of hydrogen-bond donors (Lipinski definition) is 0. The highest BCUT2D eigenvalue weighted by molar-refractivity contribution is 6.18. The van der Waals surface area contributed by atoms with Crippen molar-refractivity contribution in [3.63, 3.8) is 0 Å². The fraction of sp³-hybridized carbons (Fsp3) is 0.303. The van der Waals surface area contributed by atoms with Gasteiger partial charge in [-0.1, -0.05) is 45.0 Å². The molecular weight excluding hydrogens is 474 g/mol.